The van der Waals surface area contributed by atoms with Crippen molar-refractivity contribution < 1.29 is 4.79 Å². The van der Waals surface area contributed by atoms with Crippen LogP contribution in [0.1, 0.15) is 15.9 Å². The summed E-state index contributed by atoms with van der Waals surface area (Å²) in [6.45, 7) is 0.567. The maximum atomic E-state index is 11.3. The van der Waals surface area contributed by atoms with Gasteiger partial charge in [-0.15, -0.1) is 0 Å². The number of aromatic nitrogens is 2. The number of nitrogens with zero attached hydrogens (tertiary/aromatic N) is 2. The lowest BCUT2D eigenvalue weighted by Gasteiger charge is -2.07. The van der Waals surface area contributed by atoms with Crippen molar-refractivity contribution in [2.75, 3.05) is 0 Å². The highest BCUT2D eigenvalue weighted by molar-refractivity contribution is 9.10. The molecule has 1 aromatic carbocycles. The predicted octanol–water partition coefficient (Wildman–Crippen LogP) is 1.95. The second kappa shape index (κ2) is 5.51. The van der Waals surface area contributed by atoms with E-state index in [9.17, 15) is 4.79 Å². The number of carbonyl (C=O) groups excluding carboxylic acids is 1. The molecule has 0 saturated carbocycles. The SMILES string of the molecule is NNC(=O)c1ccc(Cn2cc(Cl)cn2)c(Br)c1. The number of hydrazine groups is 1. The van der Waals surface area contributed by atoms with Gasteiger partial charge in [-0.25, -0.2) is 5.84 Å². The van der Waals surface area contributed by atoms with Crippen LogP contribution in [0.15, 0.2) is 35.1 Å². The van der Waals surface area contributed by atoms with Crippen molar-refractivity contribution in [2.45, 2.75) is 6.54 Å². The Hall–Kier alpha value is -1.37. The molecule has 0 spiro atoms. The zero-order valence-corrected chi connectivity index (χ0v) is 11.6. The monoisotopic (exact) mass is 328 g/mol. The van der Waals surface area contributed by atoms with Crippen molar-refractivity contribution >= 4 is 33.4 Å². The lowest BCUT2D eigenvalue weighted by Crippen LogP contribution is -2.29. The first-order chi connectivity index (χ1) is 8.60. The van der Waals surface area contributed by atoms with Gasteiger partial charge in [0.2, 0.25) is 0 Å². The molecular weight excluding hydrogens is 320 g/mol. The number of nitrogens with two attached hydrogens (primary N) is 1. The Morgan fingerprint density at radius 3 is 2.89 bits per heavy atom. The van der Waals surface area contributed by atoms with Crippen molar-refractivity contribution in [3.63, 3.8) is 0 Å². The molecule has 0 aliphatic heterocycles. The van der Waals surface area contributed by atoms with Crippen LogP contribution in [0, 0.1) is 0 Å². The lowest BCUT2D eigenvalue weighted by molar-refractivity contribution is 0.0953. The van der Waals surface area contributed by atoms with Gasteiger partial charge in [-0.2, -0.15) is 5.10 Å². The Kier molecular flexibility index (Phi) is 4.00. The van der Waals surface area contributed by atoms with E-state index >= 15 is 0 Å². The van der Waals surface area contributed by atoms with E-state index in [4.69, 9.17) is 17.4 Å². The van der Waals surface area contributed by atoms with Crippen molar-refractivity contribution in [1.82, 2.24) is 15.2 Å². The Morgan fingerprint density at radius 2 is 2.33 bits per heavy atom. The van der Waals surface area contributed by atoms with Gasteiger partial charge in [0.25, 0.3) is 5.91 Å². The van der Waals surface area contributed by atoms with Gasteiger partial charge in [-0.1, -0.05) is 33.6 Å². The molecule has 1 heterocycles. The van der Waals surface area contributed by atoms with Gasteiger partial charge in [-0.3, -0.25) is 14.9 Å². The second-order valence-corrected chi connectivity index (χ2v) is 4.93. The summed E-state index contributed by atoms with van der Waals surface area (Å²) in [6.07, 6.45) is 3.31. The van der Waals surface area contributed by atoms with Gasteiger partial charge in [0, 0.05) is 16.2 Å². The summed E-state index contributed by atoms with van der Waals surface area (Å²) in [5.41, 5.74) is 3.57. The van der Waals surface area contributed by atoms with Crippen LogP contribution in [0.3, 0.4) is 0 Å². The Morgan fingerprint density at radius 1 is 1.56 bits per heavy atom. The van der Waals surface area contributed by atoms with Gasteiger partial charge in [0.15, 0.2) is 0 Å². The zero-order chi connectivity index (χ0) is 13.1. The van der Waals surface area contributed by atoms with Crippen LogP contribution in [0.5, 0.6) is 0 Å². The van der Waals surface area contributed by atoms with E-state index in [0.717, 1.165) is 10.0 Å². The molecule has 2 aromatic rings. The first-order valence-corrected chi connectivity index (χ1v) is 6.24. The predicted molar refractivity (Wildman–Crippen MR) is 72.1 cm³/mol. The molecular formula is C11H10BrClN4O. The standard InChI is InChI=1S/C11H10BrClN4O/c12-10-3-7(11(18)16-14)1-2-8(10)5-17-6-9(13)4-15-17/h1-4,6H,5,14H2,(H,16,18). The highest BCUT2D eigenvalue weighted by atomic mass is 79.9. The molecule has 18 heavy (non-hydrogen) atoms. The largest absolute Gasteiger partial charge is 0.290 e. The number of hydrogen-bond acceptors (Lipinski definition) is 3. The summed E-state index contributed by atoms with van der Waals surface area (Å²) < 4.78 is 2.53. The van der Waals surface area contributed by atoms with Crippen LogP contribution in [-0.4, -0.2) is 15.7 Å². The van der Waals surface area contributed by atoms with Crippen molar-refractivity contribution in [3.05, 3.63) is 51.2 Å². The number of nitrogens with one attached hydrogen (secondary N) is 1. The van der Waals surface area contributed by atoms with E-state index in [1.807, 2.05) is 6.07 Å². The van der Waals surface area contributed by atoms with Crippen LogP contribution in [-0.2, 0) is 6.54 Å². The fourth-order valence-electron chi connectivity index (χ4n) is 1.50. The van der Waals surface area contributed by atoms with Crippen molar-refractivity contribution in [2.24, 2.45) is 5.84 Å². The van der Waals surface area contributed by atoms with Crippen molar-refractivity contribution in [3.8, 4) is 0 Å². The number of halogens is 2. The third kappa shape index (κ3) is 2.90. The molecule has 0 aliphatic rings. The first-order valence-electron chi connectivity index (χ1n) is 5.07. The molecule has 1 amide bonds. The van der Waals surface area contributed by atoms with Crippen LogP contribution < -0.4 is 11.3 Å². The second-order valence-electron chi connectivity index (χ2n) is 3.64. The molecule has 7 heteroatoms. The minimum absolute atomic E-state index is 0.329. The summed E-state index contributed by atoms with van der Waals surface area (Å²) in [4.78, 5) is 11.3. The average molecular weight is 330 g/mol. The van der Waals surface area contributed by atoms with Gasteiger partial charge < -0.3 is 0 Å². The fourth-order valence-corrected chi connectivity index (χ4v) is 2.16. The first kappa shape index (κ1) is 13.1. The topological polar surface area (TPSA) is 72.9 Å². The lowest BCUT2D eigenvalue weighted by atomic mass is 10.1. The molecule has 0 radical (unpaired) electrons. The fraction of sp³-hybridized carbons (Fsp3) is 0.0909. The quantitative estimate of drug-likeness (QED) is 0.513. The van der Waals surface area contributed by atoms with E-state index in [1.165, 1.54) is 0 Å². The number of rotatable bonds is 3. The van der Waals surface area contributed by atoms with Crippen LogP contribution >= 0.6 is 27.5 Å². The minimum Gasteiger partial charge on any atom is -0.290 e. The Bertz CT molecular complexity index is 584. The average Bonchev–Trinajstić information content (AvgIpc) is 2.76. The molecule has 0 aliphatic carbocycles. The highest BCUT2D eigenvalue weighted by Gasteiger charge is 2.08. The molecule has 0 atom stereocenters. The summed E-state index contributed by atoms with van der Waals surface area (Å²) in [6, 6.07) is 5.25. The number of nitrogen functional groups attached to an aromatic ring is 1. The molecule has 94 valence electrons. The van der Waals surface area contributed by atoms with E-state index < -0.39 is 0 Å². The van der Waals surface area contributed by atoms with E-state index in [0.29, 0.717) is 17.1 Å². The summed E-state index contributed by atoms with van der Waals surface area (Å²) in [5.74, 6) is 4.75. The summed E-state index contributed by atoms with van der Waals surface area (Å²) in [7, 11) is 0. The maximum absolute atomic E-state index is 11.3. The van der Waals surface area contributed by atoms with Crippen LogP contribution in [0.25, 0.3) is 0 Å². The molecule has 5 nitrogen and oxygen atoms in total. The number of carbonyl (C=O) groups is 1. The molecule has 0 unspecified atom stereocenters. The number of hydrogen-bond donors (Lipinski definition) is 2. The van der Waals surface area contributed by atoms with E-state index in [1.54, 1.807) is 29.2 Å². The van der Waals surface area contributed by atoms with Crippen LogP contribution in [0.4, 0.5) is 0 Å². The van der Waals surface area contributed by atoms with E-state index in [2.05, 4.69) is 26.5 Å². The van der Waals surface area contributed by atoms with Crippen LogP contribution in [0.2, 0.25) is 5.02 Å². The van der Waals surface area contributed by atoms with E-state index in [-0.39, 0.29) is 5.91 Å². The van der Waals surface area contributed by atoms with Gasteiger partial charge in [-0.05, 0) is 17.7 Å². The minimum atomic E-state index is -0.329. The molecule has 0 saturated heterocycles. The van der Waals surface area contributed by atoms with Gasteiger partial charge in [0.05, 0.1) is 17.8 Å². The van der Waals surface area contributed by atoms with Crippen molar-refractivity contribution in [1.29, 1.82) is 0 Å². The highest BCUT2D eigenvalue weighted by Crippen LogP contribution is 2.20. The van der Waals surface area contributed by atoms with Gasteiger partial charge >= 0.3 is 0 Å². The third-order valence-corrected chi connectivity index (χ3v) is 3.31. The summed E-state index contributed by atoms with van der Waals surface area (Å²) in [5, 5.41) is 4.68. The Labute approximate surface area is 117 Å². The smallest absolute Gasteiger partial charge is 0.265 e. The maximum Gasteiger partial charge on any atom is 0.265 e. The molecule has 2 rings (SSSR count). The molecule has 1 aromatic heterocycles. The zero-order valence-electron chi connectivity index (χ0n) is 9.23. The molecule has 0 bridgehead atoms. The Balaban J connectivity index is 2.22. The molecule has 3 N–H and O–H groups in total. The number of amides is 1. The normalized spacial score (nSPS) is 10.4. The third-order valence-electron chi connectivity index (χ3n) is 2.38. The van der Waals surface area contributed by atoms with Gasteiger partial charge in [0.1, 0.15) is 0 Å². The number of benzene rings is 1. The summed E-state index contributed by atoms with van der Waals surface area (Å²) >= 11 is 9.20. The molecule has 0 fully saturated rings.